The van der Waals surface area contributed by atoms with Gasteiger partial charge < -0.3 is 10.8 Å². The second-order valence-electron chi connectivity index (χ2n) is 3.61. The van der Waals surface area contributed by atoms with Crippen molar-refractivity contribution in [3.8, 4) is 0 Å². The van der Waals surface area contributed by atoms with E-state index in [9.17, 15) is 5.11 Å². The molecule has 0 fully saturated rings. The zero-order valence-corrected chi connectivity index (χ0v) is 8.96. The van der Waals surface area contributed by atoms with Crippen molar-refractivity contribution in [3.63, 3.8) is 0 Å². The quantitative estimate of drug-likeness (QED) is 0.795. The smallest absolute Gasteiger partial charge is 0.129 e. The molecule has 0 aliphatic heterocycles. The number of aromatic nitrogens is 2. The topological polar surface area (TPSA) is 72.0 Å². The van der Waals surface area contributed by atoms with E-state index in [2.05, 4.69) is 9.97 Å². The largest absolute Gasteiger partial charge is 0.383 e. The third-order valence-corrected chi connectivity index (χ3v) is 2.54. The van der Waals surface area contributed by atoms with E-state index in [1.807, 2.05) is 13.0 Å². The van der Waals surface area contributed by atoms with Gasteiger partial charge >= 0.3 is 0 Å². The van der Waals surface area contributed by atoms with Gasteiger partial charge in [-0.15, -0.1) is 0 Å². The number of rotatable bonds is 2. The van der Waals surface area contributed by atoms with Gasteiger partial charge in [-0.25, -0.2) is 4.98 Å². The fourth-order valence-corrected chi connectivity index (χ4v) is 1.59. The fraction of sp³-hybridized carbons (Fsp3) is 0.167. The van der Waals surface area contributed by atoms with Crippen LogP contribution in [0.15, 0.2) is 36.8 Å². The highest BCUT2D eigenvalue weighted by molar-refractivity contribution is 5.45. The van der Waals surface area contributed by atoms with Crippen LogP contribution in [0.25, 0.3) is 0 Å². The Morgan fingerprint density at radius 2 is 2.06 bits per heavy atom. The van der Waals surface area contributed by atoms with Crippen LogP contribution < -0.4 is 5.73 Å². The van der Waals surface area contributed by atoms with Crippen LogP contribution in [0, 0.1) is 6.92 Å². The maximum atomic E-state index is 10.2. The molecule has 0 aromatic carbocycles. The number of nitrogens with two attached hydrogens (primary N) is 1. The standard InChI is InChI=1S/C12H13N3O/c1-8-4-6-14-7-10(8)11(16)9-3-2-5-15-12(9)13/h2-7,11,16H,1H3,(H2,13,15). The molecule has 3 N–H and O–H groups in total. The van der Waals surface area contributed by atoms with Crippen LogP contribution in [0.1, 0.15) is 22.8 Å². The van der Waals surface area contributed by atoms with E-state index in [1.165, 1.54) is 0 Å². The SMILES string of the molecule is Cc1ccncc1C(O)c1cccnc1N. The van der Waals surface area contributed by atoms with Gasteiger partial charge in [0.1, 0.15) is 11.9 Å². The number of nitrogen functional groups attached to an aromatic ring is 1. The van der Waals surface area contributed by atoms with E-state index in [0.717, 1.165) is 11.1 Å². The lowest BCUT2D eigenvalue weighted by Crippen LogP contribution is -2.06. The molecule has 82 valence electrons. The van der Waals surface area contributed by atoms with Crippen LogP contribution in [0.5, 0.6) is 0 Å². The Morgan fingerprint density at radius 1 is 1.25 bits per heavy atom. The molecule has 16 heavy (non-hydrogen) atoms. The lowest BCUT2D eigenvalue weighted by atomic mass is 10.0. The maximum Gasteiger partial charge on any atom is 0.129 e. The number of aryl methyl sites for hydroxylation is 1. The summed E-state index contributed by atoms with van der Waals surface area (Å²) in [5.74, 6) is 0.346. The fourth-order valence-electron chi connectivity index (χ4n) is 1.59. The predicted octanol–water partition coefficient (Wildman–Crippen LogP) is 1.45. The van der Waals surface area contributed by atoms with E-state index in [0.29, 0.717) is 11.4 Å². The molecule has 0 aliphatic carbocycles. The molecule has 0 bridgehead atoms. The Morgan fingerprint density at radius 3 is 2.75 bits per heavy atom. The highest BCUT2D eigenvalue weighted by atomic mass is 16.3. The van der Waals surface area contributed by atoms with Crippen molar-refractivity contribution in [1.29, 1.82) is 0 Å². The molecule has 2 aromatic rings. The molecule has 1 atom stereocenters. The van der Waals surface area contributed by atoms with E-state index in [4.69, 9.17) is 5.73 Å². The number of hydrogen-bond acceptors (Lipinski definition) is 4. The van der Waals surface area contributed by atoms with Crippen molar-refractivity contribution < 1.29 is 5.11 Å². The predicted molar refractivity (Wildman–Crippen MR) is 61.7 cm³/mol. The summed E-state index contributed by atoms with van der Waals surface area (Å²) in [7, 11) is 0. The number of hydrogen-bond donors (Lipinski definition) is 2. The Kier molecular flexibility index (Phi) is 2.83. The molecule has 0 spiro atoms. The van der Waals surface area contributed by atoms with Gasteiger partial charge in [-0.3, -0.25) is 4.98 Å². The van der Waals surface area contributed by atoms with Crippen LogP contribution in [0.4, 0.5) is 5.82 Å². The second kappa shape index (κ2) is 4.28. The molecule has 0 saturated heterocycles. The molecule has 1 unspecified atom stereocenters. The Balaban J connectivity index is 2.44. The van der Waals surface area contributed by atoms with Gasteiger partial charge in [-0.05, 0) is 24.6 Å². The van der Waals surface area contributed by atoms with E-state index in [-0.39, 0.29) is 0 Å². The first-order chi connectivity index (χ1) is 7.70. The molecule has 0 saturated carbocycles. The van der Waals surface area contributed by atoms with Gasteiger partial charge in [0.2, 0.25) is 0 Å². The lowest BCUT2D eigenvalue weighted by molar-refractivity contribution is 0.219. The van der Waals surface area contributed by atoms with Crippen LogP contribution >= 0.6 is 0 Å². The molecule has 0 aliphatic rings. The summed E-state index contributed by atoms with van der Waals surface area (Å²) < 4.78 is 0. The summed E-state index contributed by atoms with van der Waals surface area (Å²) >= 11 is 0. The summed E-state index contributed by atoms with van der Waals surface area (Å²) in [6.45, 7) is 1.92. The van der Waals surface area contributed by atoms with Gasteiger partial charge in [0.25, 0.3) is 0 Å². The molecular formula is C12H13N3O. The third kappa shape index (κ3) is 1.87. The van der Waals surface area contributed by atoms with E-state index in [1.54, 1.807) is 30.7 Å². The zero-order valence-electron chi connectivity index (χ0n) is 8.96. The highest BCUT2D eigenvalue weighted by Gasteiger charge is 2.15. The minimum Gasteiger partial charge on any atom is -0.383 e. The molecule has 2 aromatic heterocycles. The van der Waals surface area contributed by atoms with Gasteiger partial charge in [-0.1, -0.05) is 6.07 Å². The molecular weight excluding hydrogens is 202 g/mol. The second-order valence-corrected chi connectivity index (χ2v) is 3.61. The Bertz CT molecular complexity index is 454. The first kappa shape index (κ1) is 10.6. The first-order valence-corrected chi connectivity index (χ1v) is 4.99. The van der Waals surface area contributed by atoms with Crippen molar-refractivity contribution in [3.05, 3.63) is 53.5 Å². The van der Waals surface area contributed by atoms with Crippen molar-refractivity contribution in [2.45, 2.75) is 13.0 Å². The number of anilines is 1. The molecule has 2 rings (SSSR count). The normalized spacial score (nSPS) is 12.4. The maximum absolute atomic E-state index is 10.2. The molecule has 0 radical (unpaired) electrons. The number of nitrogens with zero attached hydrogens (tertiary/aromatic N) is 2. The lowest BCUT2D eigenvalue weighted by Gasteiger charge is -2.14. The zero-order chi connectivity index (χ0) is 11.5. The Labute approximate surface area is 93.8 Å². The highest BCUT2D eigenvalue weighted by Crippen LogP contribution is 2.26. The molecule has 0 amide bonds. The van der Waals surface area contributed by atoms with E-state index < -0.39 is 6.10 Å². The number of pyridine rings is 2. The van der Waals surface area contributed by atoms with Crippen LogP contribution in [-0.4, -0.2) is 15.1 Å². The van der Waals surface area contributed by atoms with Crippen LogP contribution in [-0.2, 0) is 0 Å². The first-order valence-electron chi connectivity index (χ1n) is 4.99. The Hall–Kier alpha value is -1.94. The monoisotopic (exact) mass is 215 g/mol. The minimum atomic E-state index is -0.776. The van der Waals surface area contributed by atoms with Crippen molar-refractivity contribution in [2.24, 2.45) is 0 Å². The summed E-state index contributed by atoms with van der Waals surface area (Å²) in [4.78, 5) is 7.95. The molecule has 4 nitrogen and oxygen atoms in total. The summed E-state index contributed by atoms with van der Waals surface area (Å²) in [5, 5.41) is 10.2. The van der Waals surface area contributed by atoms with Gasteiger partial charge in [0.05, 0.1) is 0 Å². The third-order valence-electron chi connectivity index (χ3n) is 2.54. The summed E-state index contributed by atoms with van der Waals surface area (Å²) in [6, 6.07) is 5.37. The molecule has 4 heteroatoms. The van der Waals surface area contributed by atoms with Crippen molar-refractivity contribution >= 4 is 5.82 Å². The average molecular weight is 215 g/mol. The van der Waals surface area contributed by atoms with Crippen molar-refractivity contribution in [1.82, 2.24) is 9.97 Å². The number of aliphatic hydroxyl groups is 1. The van der Waals surface area contributed by atoms with Gasteiger partial charge in [0, 0.05) is 29.7 Å². The molecule has 2 heterocycles. The minimum absolute atomic E-state index is 0.346. The van der Waals surface area contributed by atoms with Crippen molar-refractivity contribution in [2.75, 3.05) is 5.73 Å². The van der Waals surface area contributed by atoms with Crippen LogP contribution in [0.3, 0.4) is 0 Å². The van der Waals surface area contributed by atoms with Crippen LogP contribution in [0.2, 0.25) is 0 Å². The van der Waals surface area contributed by atoms with E-state index >= 15 is 0 Å². The van der Waals surface area contributed by atoms with Gasteiger partial charge in [-0.2, -0.15) is 0 Å². The van der Waals surface area contributed by atoms with Gasteiger partial charge in [0.15, 0.2) is 0 Å². The summed E-state index contributed by atoms with van der Waals surface area (Å²) in [5.41, 5.74) is 8.06. The average Bonchev–Trinajstić information content (AvgIpc) is 2.29. The summed E-state index contributed by atoms with van der Waals surface area (Å²) in [6.07, 6.45) is 4.16. The number of aliphatic hydroxyl groups excluding tert-OH is 1.